The molecule has 0 bridgehead atoms. The topological polar surface area (TPSA) is 162 Å². The van der Waals surface area contributed by atoms with Crippen molar-refractivity contribution in [2.24, 2.45) is 11.7 Å². The first-order valence-corrected chi connectivity index (χ1v) is 9.83. The van der Waals surface area contributed by atoms with Gasteiger partial charge in [0.05, 0.1) is 6.10 Å². The Kier molecular flexibility index (Phi) is 9.18. The molecule has 1 aliphatic heterocycles. The predicted octanol–water partition coefficient (Wildman–Crippen LogP) is -1.67. The number of aliphatic hydroxyl groups excluding tert-OH is 1. The summed E-state index contributed by atoms with van der Waals surface area (Å²) in [6, 6.07) is -4.09. The van der Waals surface area contributed by atoms with Crippen molar-refractivity contribution in [1.29, 1.82) is 0 Å². The molecule has 5 unspecified atom stereocenters. The maximum Gasteiger partial charge on any atom is 0.327 e. The normalized spacial score (nSPS) is 21.0. The van der Waals surface area contributed by atoms with Gasteiger partial charge in [-0.1, -0.05) is 13.8 Å². The molecule has 0 spiro atoms. The highest BCUT2D eigenvalue weighted by Gasteiger charge is 2.39. The van der Waals surface area contributed by atoms with E-state index in [4.69, 9.17) is 10.8 Å². The number of hydrogen-bond donors (Lipinski definition) is 6. The Morgan fingerprint density at radius 3 is 2.29 bits per heavy atom. The molecule has 160 valence electrons. The lowest BCUT2D eigenvalue weighted by Gasteiger charge is -2.30. The molecule has 3 amide bonds. The Hall–Kier alpha value is -1.85. The van der Waals surface area contributed by atoms with Crippen molar-refractivity contribution >= 4 is 36.3 Å². The molecule has 1 fully saturated rings. The van der Waals surface area contributed by atoms with Gasteiger partial charge in [-0.3, -0.25) is 14.4 Å². The van der Waals surface area contributed by atoms with Gasteiger partial charge in [0.15, 0.2) is 0 Å². The molecule has 1 rings (SSSR count). The SMILES string of the molecule is CC(C)C(NC(=O)C1CCCN1C(=O)C(N)C(C)O)C(=O)NC(CS)C(=O)O. The van der Waals surface area contributed by atoms with Crippen LogP contribution >= 0.6 is 12.6 Å². The van der Waals surface area contributed by atoms with Crippen molar-refractivity contribution in [3.63, 3.8) is 0 Å². The maximum atomic E-state index is 12.7. The van der Waals surface area contributed by atoms with Crippen molar-refractivity contribution in [2.45, 2.75) is 63.9 Å². The maximum absolute atomic E-state index is 12.7. The number of carbonyl (C=O) groups excluding carboxylic acids is 3. The molecule has 1 saturated heterocycles. The lowest BCUT2D eigenvalue weighted by molar-refractivity contribution is -0.143. The molecular weight excluding hydrogens is 388 g/mol. The predicted molar refractivity (Wildman–Crippen MR) is 105 cm³/mol. The smallest absolute Gasteiger partial charge is 0.327 e. The molecular formula is C17H30N4O6S. The van der Waals surface area contributed by atoms with Gasteiger partial charge in [0, 0.05) is 12.3 Å². The lowest BCUT2D eigenvalue weighted by atomic mass is 10.0. The second kappa shape index (κ2) is 10.6. The zero-order valence-corrected chi connectivity index (χ0v) is 17.2. The molecule has 1 heterocycles. The second-order valence-corrected chi connectivity index (χ2v) is 7.63. The minimum atomic E-state index is -1.23. The lowest BCUT2D eigenvalue weighted by Crippen LogP contribution is -2.58. The summed E-state index contributed by atoms with van der Waals surface area (Å²) >= 11 is 3.90. The van der Waals surface area contributed by atoms with Gasteiger partial charge in [0.2, 0.25) is 17.7 Å². The van der Waals surface area contributed by atoms with Crippen molar-refractivity contribution < 1.29 is 29.4 Å². The zero-order chi connectivity index (χ0) is 21.6. The van der Waals surface area contributed by atoms with E-state index in [9.17, 15) is 24.3 Å². The quantitative estimate of drug-likeness (QED) is 0.244. The number of carboxylic acids is 1. The Balaban J connectivity index is 2.86. The van der Waals surface area contributed by atoms with Gasteiger partial charge in [-0.15, -0.1) is 0 Å². The number of carbonyl (C=O) groups is 4. The fourth-order valence-electron chi connectivity index (χ4n) is 2.93. The molecule has 0 aromatic carbocycles. The van der Waals surface area contributed by atoms with E-state index in [1.807, 2.05) is 0 Å². The van der Waals surface area contributed by atoms with E-state index in [1.54, 1.807) is 13.8 Å². The van der Waals surface area contributed by atoms with Gasteiger partial charge in [0.1, 0.15) is 24.2 Å². The summed E-state index contributed by atoms with van der Waals surface area (Å²) in [5.74, 6) is -3.32. The van der Waals surface area contributed by atoms with Crippen molar-refractivity contribution in [3.8, 4) is 0 Å². The van der Waals surface area contributed by atoms with Gasteiger partial charge in [-0.2, -0.15) is 12.6 Å². The third kappa shape index (κ3) is 6.08. The van der Waals surface area contributed by atoms with Crippen molar-refractivity contribution in [1.82, 2.24) is 15.5 Å². The fraction of sp³-hybridized carbons (Fsp3) is 0.765. The standard InChI is InChI=1S/C17H30N4O6S/c1-8(2)13(15(24)19-10(7-28)17(26)27)20-14(23)11-5-4-6-21(11)16(25)12(18)9(3)22/h8-13,22,28H,4-7,18H2,1-3H3,(H,19,24)(H,20,23)(H,26,27). The number of aliphatic carboxylic acids is 1. The van der Waals surface area contributed by atoms with E-state index >= 15 is 0 Å². The van der Waals surface area contributed by atoms with Crippen LogP contribution in [0, 0.1) is 5.92 Å². The molecule has 0 aromatic rings. The zero-order valence-electron chi connectivity index (χ0n) is 16.3. The average Bonchev–Trinajstić information content (AvgIpc) is 3.11. The molecule has 10 nitrogen and oxygen atoms in total. The van der Waals surface area contributed by atoms with Gasteiger partial charge in [-0.05, 0) is 25.7 Å². The highest BCUT2D eigenvalue weighted by molar-refractivity contribution is 7.80. The van der Waals surface area contributed by atoms with Crippen molar-refractivity contribution in [2.75, 3.05) is 12.3 Å². The molecule has 6 N–H and O–H groups in total. The van der Waals surface area contributed by atoms with Crippen LogP contribution in [0.3, 0.4) is 0 Å². The van der Waals surface area contributed by atoms with Crippen LogP contribution in [0.15, 0.2) is 0 Å². The monoisotopic (exact) mass is 418 g/mol. The summed E-state index contributed by atoms with van der Waals surface area (Å²) in [5, 5.41) is 23.6. The van der Waals surface area contributed by atoms with E-state index in [0.717, 1.165) is 0 Å². The van der Waals surface area contributed by atoms with Gasteiger partial charge < -0.3 is 31.5 Å². The number of nitrogens with zero attached hydrogens (tertiary/aromatic N) is 1. The van der Waals surface area contributed by atoms with E-state index in [1.165, 1.54) is 11.8 Å². The van der Waals surface area contributed by atoms with E-state index in [2.05, 4.69) is 23.3 Å². The number of carboxylic acid groups (broad SMARTS) is 1. The largest absolute Gasteiger partial charge is 0.480 e. The van der Waals surface area contributed by atoms with Crippen LogP contribution in [0.25, 0.3) is 0 Å². The second-order valence-electron chi connectivity index (χ2n) is 7.27. The number of nitrogens with two attached hydrogens (primary N) is 1. The Morgan fingerprint density at radius 1 is 1.21 bits per heavy atom. The highest BCUT2D eigenvalue weighted by atomic mass is 32.1. The summed E-state index contributed by atoms with van der Waals surface area (Å²) < 4.78 is 0. The Bertz CT molecular complexity index is 600. The molecule has 0 aliphatic carbocycles. The molecule has 0 radical (unpaired) electrons. The van der Waals surface area contributed by atoms with E-state index in [-0.39, 0.29) is 11.7 Å². The van der Waals surface area contributed by atoms with Crippen LogP contribution in [-0.4, -0.2) is 81.4 Å². The van der Waals surface area contributed by atoms with E-state index < -0.39 is 54.0 Å². The number of thiol groups is 1. The number of likely N-dealkylation sites (tertiary alicyclic amines) is 1. The molecule has 28 heavy (non-hydrogen) atoms. The first kappa shape index (κ1) is 24.2. The first-order valence-electron chi connectivity index (χ1n) is 9.19. The van der Waals surface area contributed by atoms with Crippen LogP contribution in [0.1, 0.15) is 33.6 Å². The molecule has 5 atom stereocenters. The van der Waals surface area contributed by atoms with Crippen LogP contribution in [0.2, 0.25) is 0 Å². The number of rotatable bonds is 9. The van der Waals surface area contributed by atoms with Crippen LogP contribution in [-0.2, 0) is 19.2 Å². The summed E-state index contributed by atoms with van der Waals surface area (Å²) in [6.45, 7) is 5.15. The number of amides is 3. The summed E-state index contributed by atoms with van der Waals surface area (Å²) in [7, 11) is 0. The summed E-state index contributed by atoms with van der Waals surface area (Å²) in [6.07, 6.45) is -0.0548. The first-order chi connectivity index (χ1) is 13.0. The summed E-state index contributed by atoms with van der Waals surface area (Å²) in [4.78, 5) is 50.0. The fourth-order valence-corrected chi connectivity index (χ4v) is 3.18. The van der Waals surface area contributed by atoms with Crippen LogP contribution < -0.4 is 16.4 Å². The minimum Gasteiger partial charge on any atom is -0.480 e. The minimum absolute atomic E-state index is 0.0953. The van der Waals surface area contributed by atoms with Gasteiger partial charge >= 0.3 is 5.97 Å². The number of aliphatic hydroxyl groups is 1. The van der Waals surface area contributed by atoms with E-state index in [0.29, 0.717) is 19.4 Å². The van der Waals surface area contributed by atoms with Gasteiger partial charge in [-0.25, -0.2) is 4.79 Å². The summed E-state index contributed by atoms with van der Waals surface area (Å²) in [5.41, 5.74) is 5.70. The third-order valence-corrected chi connectivity index (χ3v) is 5.05. The molecule has 11 heteroatoms. The van der Waals surface area contributed by atoms with Gasteiger partial charge in [0.25, 0.3) is 0 Å². The third-order valence-electron chi connectivity index (χ3n) is 4.69. The van der Waals surface area contributed by atoms with Crippen LogP contribution in [0.5, 0.6) is 0 Å². The highest BCUT2D eigenvalue weighted by Crippen LogP contribution is 2.19. The molecule has 0 aromatic heterocycles. The number of nitrogens with one attached hydrogen (secondary N) is 2. The Morgan fingerprint density at radius 2 is 1.82 bits per heavy atom. The Labute approximate surface area is 169 Å². The van der Waals surface area contributed by atoms with Crippen LogP contribution in [0.4, 0.5) is 0 Å². The number of hydrogen-bond acceptors (Lipinski definition) is 7. The molecule has 0 saturated carbocycles. The van der Waals surface area contributed by atoms with Crippen molar-refractivity contribution in [3.05, 3.63) is 0 Å². The molecule has 1 aliphatic rings. The average molecular weight is 419 g/mol.